The number of rotatable bonds is 8. The van der Waals surface area contributed by atoms with Crippen molar-refractivity contribution in [1.82, 2.24) is 0 Å². The number of benzene rings is 3. The van der Waals surface area contributed by atoms with Crippen LogP contribution in [0.5, 0.6) is 0 Å². The molecule has 0 aliphatic rings. The molecule has 0 saturated heterocycles. The Hall–Kier alpha value is -4.25. The number of esters is 1. The molecule has 3 rings (SSSR count). The smallest absolute Gasteiger partial charge is 0.338 e. The van der Waals surface area contributed by atoms with Gasteiger partial charge in [-0.05, 0) is 66.8 Å². The minimum atomic E-state index is -3.89. The summed E-state index contributed by atoms with van der Waals surface area (Å²) in [5, 5.41) is 13.4. The van der Waals surface area contributed by atoms with Crippen LogP contribution in [0.4, 0.5) is 17.1 Å². The fourth-order valence-electron chi connectivity index (χ4n) is 3.46. The lowest BCUT2D eigenvalue weighted by Gasteiger charge is -2.21. The number of nitrogens with one attached hydrogen (secondary N) is 2. The third-order valence-corrected chi connectivity index (χ3v) is 7.22. The number of nitro groups is 1. The Balaban J connectivity index is 1.66. The zero-order valence-corrected chi connectivity index (χ0v) is 22.5. The zero-order chi connectivity index (χ0) is 28.3. The highest BCUT2D eigenvalue weighted by Gasteiger charge is 2.23. The number of hydrogen-bond donors (Lipinski definition) is 2. The van der Waals surface area contributed by atoms with Gasteiger partial charge in [-0.25, -0.2) is 13.2 Å². The summed E-state index contributed by atoms with van der Waals surface area (Å²) in [6.07, 6.45) is -1.20. The number of nitro benzene ring substituents is 1. The molecule has 1 atom stereocenters. The largest absolute Gasteiger partial charge is 0.449 e. The quantitative estimate of drug-likeness (QED) is 0.228. The Morgan fingerprint density at radius 2 is 1.63 bits per heavy atom. The second-order valence-corrected chi connectivity index (χ2v) is 11.4. The maximum Gasteiger partial charge on any atom is 0.338 e. The highest BCUT2D eigenvalue weighted by molar-refractivity contribution is 7.92. The number of ether oxygens (including phenoxy) is 1. The van der Waals surface area contributed by atoms with Gasteiger partial charge in [-0.3, -0.25) is 19.6 Å². The minimum absolute atomic E-state index is 0.105. The topological polar surface area (TPSA) is 145 Å². The standard InChI is InChI=1S/C27H29N3O7S/c1-17-9-12-20(27(3,4)5)15-24(17)38(35,36)29-21-13-10-19(11-14-21)26(32)37-18(2)25(31)28-22-7-6-8-23(16-22)30(33)34/h6-16,18,29H,1-5H3,(H,28,31)/t18-/m0/s1. The molecule has 200 valence electrons. The van der Waals surface area contributed by atoms with E-state index in [9.17, 15) is 28.1 Å². The maximum absolute atomic E-state index is 13.1. The highest BCUT2D eigenvalue weighted by Crippen LogP contribution is 2.28. The van der Waals surface area contributed by atoms with Crippen LogP contribution in [-0.2, 0) is 25.0 Å². The van der Waals surface area contributed by atoms with Gasteiger partial charge < -0.3 is 10.1 Å². The van der Waals surface area contributed by atoms with Crippen LogP contribution < -0.4 is 10.0 Å². The maximum atomic E-state index is 13.1. The van der Waals surface area contributed by atoms with Gasteiger partial charge >= 0.3 is 5.97 Å². The van der Waals surface area contributed by atoms with Crippen molar-refractivity contribution in [1.29, 1.82) is 0 Å². The van der Waals surface area contributed by atoms with E-state index >= 15 is 0 Å². The van der Waals surface area contributed by atoms with Crippen LogP contribution in [0.15, 0.2) is 71.6 Å². The number of aryl methyl sites for hydroxylation is 1. The molecule has 0 aromatic heterocycles. The first-order valence-corrected chi connectivity index (χ1v) is 13.2. The molecule has 0 saturated carbocycles. The van der Waals surface area contributed by atoms with E-state index in [1.807, 2.05) is 26.8 Å². The third-order valence-electron chi connectivity index (χ3n) is 5.69. The number of hydrogen-bond acceptors (Lipinski definition) is 7. The van der Waals surface area contributed by atoms with Gasteiger partial charge in [0.25, 0.3) is 21.6 Å². The van der Waals surface area contributed by atoms with Crippen molar-refractivity contribution in [3.63, 3.8) is 0 Å². The summed E-state index contributed by atoms with van der Waals surface area (Å²) < 4.78 is 33.9. The van der Waals surface area contributed by atoms with Crippen LogP contribution in [0.1, 0.15) is 49.2 Å². The number of carbonyl (C=O) groups is 2. The summed E-state index contributed by atoms with van der Waals surface area (Å²) in [7, 11) is -3.89. The summed E-state index contributed by atoms with van der Waals surface area (Å²) in [5.74, 6) is -1.47. The predicted octanol–water partition coefficient (Wildman–Crippen LogP) is 5.19. The Labute approximate surface area is 221 Å². The highest BCUT2D eigenvalue weighted by atomic mass is 32.2. The molecule has 0 radical (unpaired) electrons. The van der Waals surface area contributed by atoms with Gasteiger partial charge in [-0.15, -0.1) is 0 Å². The van der Waals surface area contributed by atoms with E-state index in [0.717, 1.165) is 5.56 Å². The molecule has 0 spiro atoms. The lowest BCUT2D eigenvalue weighted by Crippen LogP contribution is -2.30. The number of carbonyl (C=O) groups excluding carboxylic acids is 2. The molecule has 2 N–H and O–H groups in total. The van der Waals surface area contributed by atoms with Crippen LogP contribution in [0.2, 0.25) is 0 Å². The normalized spacial score (nSPS) is 12.3. The van der Waals surface area contributed by atoms with Crippen molar-refractivity contribution in [3.05, 3.63) is 93.5 Å². The summed E-state index contributed by atoms with van der Waals surface area (Å²) in [4.78, 5) is 35.4. The number of amides is 1. The first-order valence-electron chi connectivity index (χ1n) is 11.7. The van der Waals surface area contributed by atoms with Crippen molar-refractivity contribution in [2.24, 2.45) is 0 Å². The van der Waals surface area contributed by atoms with E-state index < -0.39 is 32.9 Å². The predicted molar refractivity (Wildman–Crippen MR) is 144 cm³/mol. The van der Waals surface area contributed by atoms with E-state index in [-0.39, 0.29) is 32.9 Å². The lowest BCUT2D eigenvalue weighted by molar-refractivity contribution is -0.384. The SMILES string of the molecule is Cc1ccc(C(C)(C)C)cc1S(=O)(=O)Nc1ccc(C(=O)O[C@@H](C)C(=O)Nc2cccc([N+](=O)[O-])c2)cc1. The summed E-state index contributed by atoms with van der Waals surface area (Å²) >= 11 is 0. The average Bonchev–Trinajstić information content (AvgIpc) is 2.83. The van der Waals surface area contributed by atoms with Crippen LogP contribution in [-0.4, -0.2) is 31.3 Å². The summed E-state index contributed by atoms with van der Waals surface area (Å²) in [5.41, 5.74) is 1.60. The van der Waals surface area contributed by atoms with Crippen molar-refractivity contribution in [3.8, 4) is 0 Å². The molecule has 3 aromatic carbocycles. The van der Waals surface area contributed by atoms with Gasteiger partial charge in [0.15, 0.2) is 6.10 Å². The minimum Gasteiger partial charge on any atom is -0.449 e. The molecular weight excluding hydrogens is 510 g/mol. The molecule has 0 unspecified atom stereocenters. The number of sulfonamides is 1. The molecule has 38 heavy (non-hydrogen) atoms. The van der Waals surface area contributed by atoms with Crippen LogP contribution >= 0.6 is 0 Å². The molecule has 11 heteroatoms. The Morgan fingerprint density at radius 1 is 0.974 bits per heavy atom. The first kappa shape index (κ1) is 28.3. The molecular formula is C27H29N3O7S. The molecule has 10 nitrogen and oxygen atoms in total. The lowest BCUT2D eigenvalue weighted by atomic mass is 9.87. The van der Waals surface area contributed by atoms with Gasteiger partial charge in [0.05, 0.1) is 15.4 Å². The number of non-ortho nitro benzene ring substituents is 1. The molecule has 3 aromatic rings. The molecule has 0 aliphatic carbocycles. The van der Waals surface area contributed by atoms with Crippen molar-refractivity contribution in [2.45, 2.75) is 51.0 Å². The van der Waals surface area contributed by atoms with Gasteiger partial charge in [0, 0.05) is 23.5 Å². The number of nitrogens with zero attached hydrogens (tertiary/aromatic N) is 1. The monoisotopic (exact) mass is 539 g/mol. The second kappa shape index (κ2) is 11.0. The van der Waals surface area contributed by atoms with Gasteiger partial charge in [-0.1, -0.05) is 39.0 Å². The van der Waals surface area contributed by atoms with Gasteiger partial charge in [-0.2, -0.15) is 0 Å². The summed E-state index contributed by atoms with van der Waals surface area (Å²) in [6, 6.07) is 16.3. The Kier molecular flexibility index (Phi) is 8.21. The molecule has 0 aliphatic heterocycles. The van der Waals surface area contributed by atoms with Crippen molar-refractivity contribution >= 4 is 39.0 Å². The summed E-state index contributed by atoms with van der Waals surface area (Å²) in [6.45, 7) is 9.07. The van der Waals surface area contributed by atoms with Crippen molar-refractivity contribution < 1.29 is 27.7 Å². The van der Waals surface area contributed by atoms with Gasteiger partial charge in [0.1, 0.15) is 0 Å². The average molecular weight is 540 g/mol. The Bertz CT molecular complexity index is 1480. The third kappa shape index (κ3) is 6.94. The molecule has 0 heterocycles. The molecule has 0 bridgehead atoms. The van der Waals surface area contributed by atoms with E-state index in [1.165, 1.54) is 55.5 Å². The Morgan fingerprint density at radius 3 is 2.24 bits per heavy atom. The molecule has 0 fully saturated rings. The van der Waals surface area contributed by atoms with E-state index in [4.69, 9.17) is 4.74 Å². The zero-order valence-electron chi connectivity index (χ0n) is 21.6. The first-order chi connectivity index (χ1) is 17.7. The van der Waals surface area contributed by atoms with E-state index in [1.54, 1.807) is 19.1 Å². The van der Waals surface area contributed by atoms with E-state index in [0.29, 0.717) is 5.56 Å². The van der Waals surface area contributed by atoms with Crippen molar-refractivity contribution in [2.75, 3.05) is 10.0 Å². The molecule has 1 amide bonds. The van der Waals surface area contributed by atoms with Crippen LogP contribution in [0, 0.1) is 17.0 Å². The second-order valence-electron chi connectivity index (χ2n) is 9.76. The fourth-order valence-corrected chi connectivity index (χ4v) is 4.79. The van der Waals surface area contributed by atoms with E-state index in [2.05, 4.69) is 10.0 Å². The fraction of sp³-hybridized carbons (Fsp3) is 0.259. The van der Waals surface area contributed by atoms with Gasteiger partial charge in [0.2, 0.25) is 0 Å². The van der Waals surface area contributed by atoms with Crippen LogP contribution in [0.3, 0.4) is 0 Å². The number of anilines is 2. The van der Waals surface area contributed by atoms with Crippen LogP contribution in [0.25, 0.3) is 0 Å².